The minimum atomic E-state index is 0.373. The first-order chi connectivity index (χ1) is 16.2. The Morgan fingerprint density at radius 2 is 1.67 bits per heavy atom. The molecule has 0 amide bonds. The average Bonchev–Trinajstić information content (AvgIpc) is 3.37. The Morgan fingerprint density at radius 1 is 0.879 bits per heavy atom. The zero-order chi connectivity index (χ0) is 22.8. The molecular weight excluding hydrogens is 416 g/mol. The maximum atomic E-state index is 6.15. The van der Waals surface area contributed by atoms with E-state index in [0.29, 0.717) is 23.9 Å². The first kappa shape index (κ1) is 20.9. The van der Waals surface area contributed by atoms with E-state index in [4.69, 9.17) is 23.9 Å². The number of aliphatic imine (C=N–C) groups is 1. The quantitative estimate of drug-likeness (QED) is 0.523. The lowest BCUT2D eigenvalue weighted by molar-refractivity contribution is 0.298. The van der Waals surface area contributed by atoms with Crippen molar-refractivity contribution in [2.24, 2.45) is 4.99 Å². The molecule has 0 saturated carbocycles. The lowest BCUT2D eigenvalue weighted by Gasteiger charge is -2.29. The lowest BCUT2D eigenvalue weighted by Crippen LogP contribution is -2.30. The van der Waals surface area contributed by atoms with Crippen LogP contribution in [0, 0.1) is 0 Å². The molecule has 2 aliphatic rings. The molecule has 3 aromatic rings. The van der Waals surface area contributed by atoms with Crippen LogP contribution in [0.2, 0.25) is 0 Å². The summed E-state index contributed by atoms with van der Waals surface area (Å²) in [4.78, 5) is 7.05. The SMILES string of the molecule is COc1cc(COc2cccc(C3=Cc4ccccc4C4=NCCN34)c2)cc(OC)c1OC. The third kappa shape index (κ3) is 3.89. The molecule has 0 aromatic heterocycles. The summed E-state index contributed by atoms with van der Waals surface area (Å²) < 4.78 is 22.5. The Balaban J connectivity index is 1.41. The van der Waals surface area contributed by atoms with E-state index >= 15 is 0 Å². The van der Waals surface area contributed by atoms with E-state index in [1.165, 1.54) is 11.1 Å². The maximum absolute atomic E-state index is 6.15. The summed E-state index contributed by atoms with van der Waals surface area (Å²) in [5.41, 5.74) is 5.54. The predicted molar refractivity (Wildman–Crippen MR) is 129 cm³/mol. The Bertz CT molecular complexity index is 1220. The van der Waals surface area contributed by atoms with Crippen LogP contribution >= 0.6 is 0 Å². The number of rotatable bonds is 7. The van der Waals surface area contributed by atoms with E-state index in [1.54, 1.807) is 21.3 Å². The fourth-order valence-corrected chi connectivity index (χ4v) is 4.33. The smallest absolute Gasteiger partial charge is 0.203 e. The summed E-state index contributed by atoms with van der Waals surface area (Å²) in [6, 6.07) is 20.4. The van der Waals surface area contributed by atoms with Crippen LogP contribution in [0.1, 0.15) is 22.3 Å². The molecule has 6 heteroatoms. The summed E-state index contributed by atoms with van der Waals surface area (Å²) in [5.74, 6) is 3.62. The Morgan fingerprint density at radius 3 is 2.42 bits per heavy atom. The van der Waals surface area contributed by atoms with Crippen LogP contribution in [0.5, 0.6) is 23.0 Å². The highest BCUT2D eigenvalue weighted by atomic mass is 16.5. The van der Waals surface area contributed by atoms with Gasteiger partial charge in [-0.05, 0) is 41.5 Å². The molecule has 0 atom stereocenters. The summed E-state index contributed by atoms with van der Waals surface area (Å²) >= 11 is 0. The van der Waals surface area contributed by atoms with E-state index in [0.717, 1.165) is 41.5 Å². The van der Waals surface area contributed by atoms with Crippen molar-refractivity contribution in [2.75, 3.05) is 34.4 Å². The largest absolute Gasteiger partial charge is 0.493 e. The molecule has 0 fully saturated rings. The molecule has 5 rings (SSSR count). The van der Waals surface area contributed by atoms with Gasteiger partial charge in [0.2, 0.25) is 5.75 Å². The molecule has 0 spiro atoms. The second kappa shape index (κ2) is 8.90. The molecule has 3 aromatic carbocycles. The minimum absolute atomic E-state index is 0.373. The van der Waals surface area contributed by atoms with Gasteiger partial charge in [0.1, 0.15) is 18.2 Å². The molecule has 0 radical (unpaired) electrons. The molecule has 2 aliphatic heterocycles. The van der Waals surface area contributed by atoms with Gasteiger partial charge < -0.3 is 23.8 Å². The van der Waals surface area contributed by atoms with Gasteiger partial charge in [0, 0.05) is 17.7 Å². The highest BCUT2D eigenvalue weighted by Gasteiger charge is 2.28. The highest BCUT2D eigenvalue weighted by molar-refractivity contribution is 6.12. The van der Waals surface area contributed by atoms with Crippen LogP contribution in [0.25, 0.3) is 11.8 Å². The monoisotopic (exact) mass is 442 g/mol. The van der Waals surface area contributed by atoms with Crippen molar-refractivity contribution in [2.45, 2.75) is 6.61 Å². The number of nitrogens with zero attached hydrogens (tertiary/aromatic N) is 2. The first-order valence-electron chi connectivity index (χ1n) is 10.9. The third-order valence-electron chi connectivity index (χ3n) is 5.89. The molecule has 0 bridgehead atoms. The van der Waals surface area contributed by atoms with E-state index in [1.807, 2.05) is 24.3 Å². The highest BCUT2D eigenvalue weighted by Crippen LogP contribution is 2.39. The van der Waals surface area contributed by atoms with Gasteiger partial charge in [0.25, 0.3) is 0 Å². The second-order valence-electron chi connectivity index (χ2n) is 7.82. The molecule has 0 N–H and O–H groups in total. The van der Waals surface area contributed by atoms with Gasteiger partial charge >= 0.3 is 0 Å². The average molecular weight is 443 g/mol. The Hall–Kier alpha value is -3.93. The zero-order valence-corrected chi connectivity index (χ0v) is 19.0. The van der Waals surface area contributed by atoms with Gasteiger partial charge in [-0.2, -0.15) is 0 Å². The van der Waals surface area contributed by atoms with Crippen LogP contribution in [0.15, 0.2) is 65.7 Å². The zero-order valence-electron chi connectivity index (χ0n) is 19.0. The van der Waals surface area contributed by atoms with Gasteiger partial charge in [0.05, 0.1) is 33.6 Å². The summed E-state index contributed by atoms with van der Waals surface area (Å²) in [6.45, 7) is 2.06. The molecule has 168 valence electrons. The summed E-state index contributed by atoms with van der Waals surface area (Å²) in [5, 5.41) is 0. The van der Waals surface area contributed by atoms with E-state index in [2.05, 4.69) is 47.4 Å². The topological polar surface area (TPSA) is 52.5 Å². The van der Waals surface area contributed by atoms with E-state index in [9.17, 15) is 0 Å². The van der Waals surface area contributed by atoms with Gasteiger partial charge in [-0.25, -0.2) is 0 Å². The van der Waals surface area contributed by atoms with Gasteiger partial charge in [0.15, 0.2) is 11.5 Å². The van der Waals surface area contributed by atoms with E-state index < -0.39 is 0 Å². The molecule has 6 nitrogen and oxygen atoms in total. The summed E-state index contributed by atoms with van der Waals surface area (Å²) in [6.07, 6.45) is 2.23. The fraction of sp³-hybridized carbons (Fsp3) is 0.222. The van der Waals surface area contributed by atoms with Crippen molar-refractivity contribution in [3.8, 4) is 23.0 Å². The molecule has 33 heavy (non-hydrogen) atoms. The minimum Gasteiger partial charge on any atom is -0.493 e. The number of methoxy groups -OCH3 is 3. The van der Waals surface area contributed by atoms with Crippen LogP contribution in [0.3, 0.4) is 0 Å². The van der Waals surface area contributed by atoms with Crippen LogP contribution in [-0.4, -0.2) is 45.2 Å². The third-order valence-corrected chi connectivity index (χ3v) is 5.89. The standard InChI is InChI=1S/C27H26N2O4/c1-30-24-13-18(14-25(31-2)26(24)32-3)17-33-21-9-6-8-20(15-21)23-16-19-7-4-5-10-22(19)27-28-11-12-29(23)27/h4-10,13-16H,11-12,17H2,1-3H3. The number of hydrogen-bond acceptors (Lipinski definition) is 6. The number of ether oxygens (including phenoxy) is 4. The number of fused-ring (bicyclic) bond motifs is 3. The predicted octanol–water partition coefficient (Wildman–Crippen LogP) is 4.87. The van der Waals surface area contributed by atoms with Crippen LogP contribution in [0.4, 0.5) is 0 Å². The molecule has 0 aliphatic carbocycles. The molecular formula is C27H26N2O4. The van der Waals surface area contributed by atoms with Crippen molar-refractivity contribution in [3.05, 3.63) is 82.9 Å². The molecule has 2 heterocycles. The van der Waals surface area contributed by atoms with Crippen LogP contribution < -0.4 is 18.9 Å². The van der Waals surface area contributed by atoms with Crippen molar-refractivity contribution in [1.29, 1.82) is 0 Å². The van der Waals surface area contributed by atoms with Crippen LogP contribution in [-0.2, 0) is 6.61 Å². The molecule has 0 unspecified atom stereocenters. The van der Waals surface area contributed by atoms with Crippen molar-refractivity contribution < 1.29 is 18.9 Å². The van der Waals surface area contributed by atoms with E-state index in [-0.39, 0.29) is 0 Å². The first-order valence-corrected chi connectivity index (χ1v) is 10.9. The summed E-state index contributed by atoms with van der Waals surface area (Å²) in [7, 11) is 4.81. The maximum Gasteiger partial charge on any atom is 0.203 e. The lowest BCUT2D eigenvalue weighted by atomic mass is 9.97. The van der Waals surface area contributed by atoms with Crippen molar-refractivity contribution >= 4 is 17.6 Å². The molecule has 0 saturated heterocycles. The van der Waals surface area contributed by atoms with Crippen molar-refractivity contribution in [3.63, 3.8) is 0 Å². The van der Waals surface area contributed by atoms with Gasteiger partial charge in [-0.1, -0.05) is 36.4 Å². The Kier molecular flexibility index (Phi) is 5.65. The van der Waals surface area contributed by atoms with Gasteiger partial charge in [-0.15, -0.1) is 0 Å². The number of hydrogen-bond donors (Lipinski definition) is 0. The normalized spacial score (nSPS) is 14.1. The second-order valence-corrected chi connectivity index (χ2v) is 7.82. The van der Waals surface area contributed by atoms with Gasteiger partial charge in [-0.3, -0.25) is 4.99 Å². The van der Waals surface area contributed by atoms with Crippen molar-refractivity contribution in [1.82, 2.24) is 4.90 Å². The fourth-order valence-electron chi connectivity index (χ4n) is 4.33. The number of benzene rings is 3. The Labute approximate surface area is 193 Å². The number of amidine groups is 1.